The summed E-state index contributed by atoms with van der Waals surface area (Å²) in [5, 5.41) is 6.48. The molecule has 1 unspecified atom stereocenters. The van der Waals surface area contributed by atoms with E-state index in [0.717, 1.165) is 42.0 Å². The first kappa shape index (κ1) is 22.5. The van der Waals surface area contributed by atoms with Gasteiger partial charge >= 0.3 is 0 Å². The molecule has 1 heterocycles. The Morgan fingerprint density at radius 2 is 1.91 bits per heavy atom. The van der Waals surface area contributed by atoms with Crippen molar-refractivity contribution < 1.29 is 4.79 Å². The lowest BCUT2D eigenvalue weighted by Gasteiger charge is -2.30. The van der Waals surface area contributed by atoms with E-state index in [4.69, 9.17) is 0 Å². The number of carbonyl (C=O) groups excluding carboxylic acids is 1. The van der Waals surface area contributed by atoms with Gasteiger partial charge in [0.25, 0.3) is 0 Å². The molecule has 2 aromatic carbocycles. The molecular formula is C28H32N2OS. The fourth-order valence-corrected chi connectivity index (χ4v) is 5.72. The summed E-state index contributed by atoms with van der Waals surface area (Å²) in [7, 11) is 0. The summed E-state index contributed by atoms with van der Waals surface area (Å²) in [4.78, 5) is 14.0. The highest BCUT2D eigenvalue weighted by Crippen LogP contribution is 2.38. The zero-order chi connectivity index (χ0) is 22.5. The van der Waals surface area contributed by atoms with Crippen LogP contribution in [-0.4, -0.2) is 13.0 Å². The van der Waals surface area contributed by atoms with Gasteiger partial charge in [0.1, 0.15) is 0 Å². The van der Waals surface area contributed by atoms with Crippen LogP contribution in [-0.2, 0) is 12.8 Å². The van der Waals surface area contributed by atoms with Gasteiger partial charge < -0.3 is 0 Å². The van der Waals surface area contributed by atoms with Crippen molar-refractivity contribution in [3.05, 3.63) is 86.6 Å². The summed E-state index contributed by atoms with van der Waals surface area (Å²) >= 11 is 1.68. The fourth-order valence-electron chi connectivity index (χ4n) is 4.53. The van der Waals surface area contributed by atoms with Gasteiger partial charge in [0.2, 0.25) is 0 Å². The molecule has 0 aliphatic heterocycles. The monoisotopic (exact) mass is 444 g/mol. The number of anilines is 1. The van der Waals surface area contributed by atoms with Gasteiger partial charge in [-0.2, -0.15) is 5.10 Å². The Labute approximate surface area is 195 Å². The van der Waals surface area contributed by atoms with Crippen molar-refractivity contribution in [2.75, 3.05) is 5.01 Å². The molecule has 0 amide bonds. The third kappa shape index (κ3) is 5.18. The van der Waals surface area contributed by atoms with E-state index >= 15 is 0 Å². The Kier molecular flexibility index (Phi) is 7.21. The number of thiophene rings is 1. The highest BCUT2D eigenvalue weighted by molar-refractivity contribution is 7.14. The Morgan fingerprint density at radius 3 is 2.56 bits per heavy atom. The molecule has 0 bridgehead atoms. The molecule has 3 aromatic rings. The molecule has 1 saturated carbocycles. The number of aryl methyl sites for hydroxylation is 2. The standard InChI is InChI=1S/C28H32N2OS/c1-20-8-7-11-24(18-20)30(29-3)26(23-9-5-4-6-10-23)16-17-27-21(2)25(28(19-31)32-27)15-14-22-12-13-22/h4-11,18-19,22,26H,3,12-17H2,1-2H3. The first-order valence-corrected chi connectivity index (χ1v) is 12.4. The minimum atomic E-state index is 0.0756. The molecule has 1 atom stereocenters. The molecule has 32 heavy (non-hydrogen) atoms. The highest BCUT2D eigenvalue weighted by atomic mass is 32.1. The normalized spacial score (nSPS) is 14.2. The molecule has 1 aliphatic rings. The lowest BCUT2D eigenvalue weighted by molar-refractivity contribution is 0.112. The topological polar surface area (TPSA) is 32.7 Å². The van der Waals surface area contributed by atoms with Crippen molar-refractivity contribution in [3.8, 4) is 0 Å². The number of aldehydes is 1. The van der Waals surface area contributed by atoms with Crippen molar-refractivity contribution in [3.63, 3.8) is 0 Å². The van der Waals surface area contributed by atoms with E-state index in [2.05, 4.69) is 74.2 Å². The van der Waals surface area contributed by atoms with Crippen LogP contribution in [0.1, 0.15) is 68.5 Å². The molecule has 0 N–H and O–H groups in total. The van der Waals surface area contributed by atoms with Gasteiger partial charge in [-0.1, -0.05) is 55.3 Å². The maximum absolute atomic E-state index is 11.8. The quantitative estimate of drug-likeness (QED) is 0.176. The van der Waals surface area contributed by atoms with Crippen molar-refractivity contribution in [2.45, 2.75) is 58.4 Å². The number of benzene rings is 2. The summed E-state index contributed by atoms with van der Waals surface area (Å²) in [5.74, 6) is 0.876. The van der Waals surface area contributed by atoms with E-state index in [1.165, 1.54) is 46.4 Å². The van der Waals surface area contributed by atoms with Crippen LogP contribution in [0.25, 0.3) is 0 Å². The van der Waals surface area contributed by atoms with Crippen LogP contribution in [0.5, 0.6) is 0 Å². The first-order valence-electron chi connectivity index (χ1n) is 11.5. The molecule has 4 heteroatoms. The zero-order valence-corrected chi connectivity index (χ0v) is 19.9. The number of rotatable bonds is 11. The Hall–Kier alpha value is -2.72. The van der Waals surface area contributed by atoms with Crippen LogP contribution in [0.15, 0.2) is 59.7 Å². The molecule has 0 spiro atoms. The van der Waals surface area contributed by atoms with Crippen molar-refractivity contribution >= 4 is 30.0 Å². The molecule has 0 radical (unpaired) electrons. The molecule has 1 fully saturated rings. The third-order valence-electron chi connectivity index (χ3n) is 6.55. The smallest absolute Gasteiger partial charge is 0.160 e. The zero-order valence-electron chi connectivity index (χ0n) is 19.1. The summed E-state index contributed by atoms with van der Waals surface area (Å²) in [6.07, 6.45) is 7.83. The van der Waals surface area contributed by atoms with Crippen molar-refractivity contribution in [2.24, 2.45) is 11.0 Å². The first-order chi connectivity index (χ1) is 15.6. The summed E-state index contributed by atoms with van der Waals surface area (Å²) < 4.78 is 0. The molecule has 4 rings (SSSR count). The summed E-state index contributed by atoms with van der Waals surface area (Å²) in [5.41, 5.74) is 6.07. The Balaban J connectivity index is 1.59. The van der Waals surface area contributed by atoms with Crippen molar-refractivity contribution in [1.82, 2.24) is 0 Å². The molecule has 0 saturated heterocycles. The summed E-state index contributed by atoms with van der Waals surface area (Å²) in [6, 6.07) is 19.0. The van der Waals surface area contributed by atoms with Gasteiger partial charge in [0.15, 0.2) is 6.29 Å². The number of nitrogens with zero attached hydrogens (tertiary/aromatic N) is 2. The van der Waals surface area contributed by atoms with Crippen LogP contribution in [0.3, 0.4) is 0 Å². The van der Waals surface area contributed by atoms with Gasteiger partial charge in [-0.15, -0.1) is 11.3 Å². The molecular weight excluding hydrogens is 412 g/mol. The number of carbonyl (C=O) groups is 1. The van der Waals surface area contributed by atoms with Crippen LogP contribution < -0.4 is 5.01 Å². The van der Waals surface area contributed by atoms with Crippen molar-refractivity contribution in [1.29, 1.82) is 0 Å². The lowest BCUT2D eigenvalue weighted by atomic mass is 9.97. The second kappa shape index (κ2) is 10.3. The minimum absolute atomic E-state index is 0.0756. The van der Waals surface area contributed by atoms with E-state index in [1.807, 2.05) is 11.1 Å². The molecule has 1 aliphatic carbocycles. The van der Waals surface area contributed by atoms with E-state index in [9.17, 15) is 4.79 Å². The van der Waals surface area contributed by atoms with Gasteiger partial charge in [0.05, 0.1) is 16.6 Å². The second-order valence-electron chi connectivity index (χ2n) is 8.88. The maximum Gasteiger partial charge on any atom is 0.160 e. The highest BCUT2D eigenvalue weighted by Gasteiger charge is 2.25. The third-order valence-corrected chi connectivity index (χ3v) is 7.87. The van der Waals surface area contributed by atoms with Crippen LogP contribution in [0.2, 0.25) is 0 Å². The van der Waals surface area contributed by atoms with Crippen LogP contribution >= 0.6 is 11.3 Å². The molecule has 3 nitrogen and oxygen atoms in total. The lowest BCUT2D eigenvalue weighted by Crippen LogP contribution is -2.23. The molecule has 166 valence electrons. The molecule has 1 aromatic heterocycles. The van der Waals surface area contributed by atoms with E-state index in [0.29, 0.717) is 0 Å². The van der Waals surface area contributed by atoms with Gasteiger partial charge in [-0.25, -0.2) is 0 Å². The second-order valence-corrected chi connectivity index (χ2v) is 10.0. The number of hydrogen-bond acceptors (Lipinski definition) is 4. The average molecular weight is 445 g/mol. The van der Waals surface area contributed by atoms with E-state index < -0.39 is 0 Å². The van der Waals surface area contributed by atoms with Gasteiger partial charge in [-0.3, -0.25) is 9.80 Å². The van der Waals surface area contributed by atoms with Gasteiger partial charge in [0, 0.05) is 11.6 Å². The maximum atomic E-state index is 11.8. The summed E-state index contributed by atoms with van der Waals surface area (Å²) in [6.45, 7) is 8.19. The van der Waals surface area contributed by atoms with E-state index in [-0.39, 0.29) is 6.04 Å². The van der Waals surface area contributed by atoms with E-state index in [1.54, 1.807) is 11.3 Å². The Bertz CT molecular complexity index is 1070. The predicted molar refractivity (Wildman–Crippen MR) is 136 cm³/mol. The van der Waals surface area contributed by atoms with Crippen LogP contribution in [0.4, 0.5) is 5.69 Å². The minimum Gasteiger partial charge on any atom is -0.297 e. The average Bonchev–Trinajstić information content (AvgIpc) is 3.59. The van der Waals surface area contributed by atoms with Gasteiger partial charge in [-0.05, 0) is 79.8 Å². The van der Waals surface area contributed by atoms with Crippen LogP contribution in [0, 0.1) is 19.8 Å². The predicted octanol–water partition coefficient (Wildman–Crippen LogP) is 7.32. The number of hydrazone groups is 1. The Morgan fingerprint density at radius 1 is 1.12 bits per heavy atom. The SMILES string of the molecule is C=NN(c1cccc(C)c1)C(CCc1sc(C=O)c(CCC2CC2)c1C)c1ccccc1. The fraction of sp³-hybridized carbons (Fsp3) is 0.357. The number of hydrogen-bond donors (Lipinski definition) is 0. The largest absolute Gasteiger partial charge is 0.297 e.